The summed E-state index contributed by atoms with van der Waals surface area (Å²) in [7, 11) is 1.61. The lowest BCUT2D eigenvalue weighted by Crippen LogP contribution is -2.40. The fourth-order valence-electron chi connectivity index (χ4n) is 3.12. The van der Waals surface area contributed by atoms with E-state index >= 15 is 0 Å². The molecule has 0 spiro atoms. The third kappa shape index (κ3) is 3.29. The lowest BCUT2D eigenvalue weighted by atomic mass is 9.89. The van der Waals surface area contributed by atoms with E-state index in [1.807, 2.05) is 55.5 Å². The summed E-state index contributed by atoms with van der Waals surface area (Å²) in [5.41, 5.74) is 1.97. The van der Waals surface area contributed by atoms with Crippen LogP contribution in [0.2, 0.25) is 0 Å². The Labute approximate surface area is 154 Å². The summed E-state index contributed by atoms with van der Waals surface area (Å²) in [6.45, 7) is 4.67. The van der Waals surface area contributed by atoms with Crippen LogP contribution < -0.4 is 10.1 Å². The van der Waals surface area contributed by atoms with Crippen LogP contribution in [-0.2, 0) is 10.3 Å². The number of hydrogen-bond acceptors (Lipinski definition) is 3. The van der Waals surface area contributed by atoms with E-state index in [9.17, 15) is 4.79 Å². The Morgan fingerprint density at radius 1 is 1.15 bits per heavy atom. The maximum atomic E-state index is 12.6. The van der Waals surface area contributed by atoms with E-state index in [0.29, 0.717) is 6.61 Å². The van der Waals surface area contributed by atoms with Gasteiger partial charge < -0.3 is 10.1 Å². The van der Waals surface area contributed by atoms with Crippen molar-refractivity contribution in [3.8, 4) is 16.9 Å². The summed E-state index contributed by atoms with van der Waals surface area (Å²) < 4.78 is 5.80. The molecule has 136 valence electrons. The first kappa shape index (κ1) is 18.0. The second-order valence-electron chi connectivity index (χ2n) is 6.77. The molecule has 2 aromatic carbocycles. The molecule has 1 aliphatic heterocycles. The van der Waals surface area contributed by atoms with Crippen LogP contribution in [0.4, 0.5) is 0 Å². The lowest BCUT2D eigenvalue weighted by molar-refractivity contribution is -0.129. The number of benzene rings is 2. The van der Waals surface area contributed by atoms with Crippen molar-refractivity contribution >= 4 is 11.9 Å². The summed E-state index contributed by atoms with van der Waals surface area (Å²) >= 11 is 0. The van der Waals surface area contributed by atoms with Gasteiger partial charge in [0.25, 0.3) is 5.91 Å². The van der Waals surface area contributed by atoms with E-state index in [4.69, 9.17) is 10.1 Å². The molecule has 0 bridgehead atoms. The molecule has 1 amide bonds. The first-order valence-electron chi connectivity index (χ1n) is 8.94. The maximum Gasteiger partial charge on any atom is 0.259 e. The number of likely N-dealkylation sites (N-methyl/N-ethyl adjacent to an activating group) is 1. The highest BCUT2D eigenvalue weighted by Gasteiger charge is 2.45. The maximum absolute atomic E-state index is 12.6. The van der Waals surface area contributed by atoms with Gasteiger partial charge in [-0.3, -0.25) is 15.1 Å². The van der Waals surface area contributed by atoms with Gasteiger partial charge >= 0.3 is 0 Å². The molecule has 1 saturated heterocycles. The molecular weight excluding hydrogens is 326 g/mol. The van der Waals surface area contributed by atoms with Gasteiger partial charge in [0.1, 0.15) is 11.3 Å². The zero-order valence-corrected chi connectivity index (χ0v) is 15.5. The fraction of sp³-hybridized carbons (Fsp3) is 0.333. The summed E-state index contributed by atoms with van der Waals surface area (Å²) in [4.78, 5) is 13.9. The van der Waals surface area contributed by atoms with E-state index < -0.39 is 5.54 Å². The molecule has 2 aromatic rings. The highest BCUT2D eigenvalue weighted by Crippen LogP contribution is 2.31. The number of amides is 1. The van der Waals surface area contributed by atoms with Gasteiger partial charge in [-0.05, 0) is 48.2 Å². The molecule has 3 rings (SSSR count). The number of carbonyl (C=O) groups excluding carboxylic acids is 1. The molecule has 2 N–H and O–H groups in total. The molecule has 0 aromatic heterocycles. The highest BCUT2D eigenvalue weighted by molar-refractivity contribution is 6.07. The summed E-state index contributed by atoms with van der Waals surface area (Å²) in [5, 5.41) is 10.9. The monoisotopic (exact) mass is 351 g/mol. The van der Waals surface area contributed by atoms with Crippen molar-refractivity contribution < 1.29 is 9.53 Å². The predicted molar refractivity (Wildman–Crippen MR) is 103 cm³/mol. The zero-order chi connectivity index (χ0) is 18.7. The zero-order valence-electron chi connectivity index (χ0n) is 15.5. The van der Waals surface area contributed by atoms with Gasteiger partial charge in [-0.15, -0.1) is 0 Å². The number of rotatable bonds is 6. The van der Waals surface area contributed by atoms with Crippen molar-refractivity contribution in [1.29, 1.82) is 5.41 Å². The Kier molecular flexibility index (Phi) is 4.98. The number of unbranched alkanes of at least 4 members (excludes halogenated alkanes) is 1. The number of hydrogen-bond donors (Lipinski definition) is 2. The second-order valence-corrected chi connectivity index (χ2v) is 6.77. The third-order valence-electron chi connectivity index (χ3n) is 4.81. The Balaban J connectivity index is 1.90. The first-order chi connectivity index (χ1) is 12.5. The molecule has 0 saturated carbocycles. The average Bonchev–Trinajstić information content (AvgIpc) is 2.86. The Bertz CT molecular complexity index is 834. The molecule has 1 unspecified atom stereocenters. The van der Waals surface area contributed by atoms with Crippen molar-refractivity contribution in [3.63, 3.8) is 0 Å². The molecule has 5 heteroatoms. The van der Waals surface area contributed by atoms with Gasteiger partial charge in [-0.1, -0.05) is 43.7 Å². The number of carbonyl (C=O) groups is 1. The van der Waals surface area contributed by atoms with Crippen molar-refractivity contribution in [2.45, 2.75) is 32.2 Å². The van der Waals surface area contributed by atoms with Crippen molar-refractivity contribution in [1.82, 2.24) is 10.2 Å². The molecule has 1 fully saturated rings. The Morgan fingerprint density at radius 3 is 2.50 bits per heavy atom. The average molecular weight is 351 g/mol. The highest BCUT2D eigenvalue weighted by atomic mass is 16.5. The van der Waals surface area contributed by atoms with E-state index in [2.05, 4.69) is 12.2 Å². The minimum Gasteiger partial charge on any atom is -0.494 e. The minimum absolute atomic E-state index is 0.120. The summed E-state index contributed by atoms with van der Waals surface area (Å²) in [5.74, 6) is 0.842. The molecule has 1 atom stereocenters. The van der Waals surface area contributed by atoms with Crippen molar-refractivity contribution in [3.05, 3.63) is 54.1 Å². The molecule has 5 nitrogen and oxygen atoms in total. The SMILES string of the molecule is CCCCOc1cccc(-c2cccc(C3(C)NC(=N)N(C)C3=O)c2)c1. The Morgan fingerprint density at radius 2 is 1.85 bits per heavy atom. The van der Waals surface area contributed by atoms with Crippen molar-refractivity contribution in [2.75, 3.05) is 13.7 Å². The van der Waals surface area contributed by atoms with Crippen LogP contribution in [0, 0.1) is 5.41 Å². The second kappa shape index (κ2) is 7.20. The van der Waals surface area contributed by atoms with Crippen LogP contribution in [0.3, 0.4) is 0 Å². The third-order valence-corrected chi connectivity index (χ3v) is 4.81. The van der Waals surface area contributed by atoms with E-state index in [1.54, 1.807) is 7.05 Å². The van der Waals surface area contributed by atoms with Crippen LogP contribution >= 0.6 is 0 Å². The smallest absolute Gasteiger partial charge is 0.259 e. The lowest BCUT2D eigenvalue weighted by Gasteiger charge is -2.22. The number of nitrogens with one attached hydrogen (secondary N) is 2. The molecule has 1 aliphatic rings. The van der Waals surface area contributed by atoms with E-state index in [0.717, 1.165) is 35.3 Å². The quantitative estimate of drug-likeness (QED) is 0.779. The largest absolute Gasteiger partial charge is 0.494 e. The topological polar surface area (TPSA) is 65.4 Å². The Hall–Kier alpha value is -2.82. The van der Waals surface area contributed by atoms with Gasteiger partial charge in [-0.25, -0.2) is 0 Å². The summed E-state index contributed by atoms with van der Waals surface area (Å²) in [6, 6.07) is 15.9. The van der Waals surface area contributed by atoms with Crippen LogP contribution in [-0.4, -0.2) is 30.4 Å². The van der Waals surface area contributed by atoms with Gasteiger partial charge in [-0.2, -0.15) is 0 Å². The molecule has 26 heavy (non-hydrogen) atoms. The number of nitrogens with zero attached hydrogens (tertiary/aromatic N) is 1. The van der Waals surface area contributed by atoms with Gasteiger partial charge in [0.2, 0.25) is 0 Å². The van der Waals surface area contributed by atoms with Crippen LogP contribution in [0.25, 0.3) is 11.1 Å². The number of guanidine groups is 1. The molecule has 0 radical (unpaired) electrons. The standard InChI is InChI=1S/C21H25N3O2/c1-4-5-12-26-18-11-7-9-16(14-18)15-8-6-10-17(13-15)21(2)19(25)24(3)20(22)23-21/h6-11,13-14H,4-5,12H2,1-3H3,(H2,22,23). The van der Waals surface area contributed by atoms with Crippen molar-refractivity contribution in [2.24, 2.45) is 0 Å². The number of ether oxygens (including phenoxy) is 1. The van der Waals surface area contributed by atoms with E-state index in [1.165, 1.54) is 4.90 Å². The van der Waals surface area contributed by atoms with Crippen LogP contribution in [0.5, 0.6) is 5.75 Å². The summed E-state index contributed by atoms with van der Waals surface area (Å²) in [6.07, 6.45) is 2.14. The molecule has 0 aliphatic carbocycles. The minimum atomic E-state index is -0.920. The fourth-order valence-corrected chi connectivity index (χ4v) is 3.12. The predicted octanol–water partition coefficient (Wildman–Crippen LogP) is 3.74. The first-order valence-corrected chi connectivity index (χ1v) is 8.94. The molecule has 1 heterocycles. The normalized spacial score (nSPS) is 19.6. The molecular formula is C21H25N3O2. The van der Waals surface area contributed by atoms with Gasteiger partial charge in [0, 0.05) is 7.05 Å². The van der Waals surface area contributed by atoms with Crippen LogP contribution in [0.15, 0.2) is 48.5 Å². The van der Waals surface area contributed by atoms with Crippen LogP contribution in [0.1, 0.15) is 32.3 Å². The van der Waals surface area contributed by atoms with Gasteiger partial charge in [0.15, 0.2) is 5.96 Å². The van der Waals surface area contributed by atoms with Gasteiger partial charge in [0.05, 0.1) is 6.61 Å². The van der Waals surface area contributed by atoms with E-state index in [-0.39, 0.29) is 11.9 Å².